The Balaban J connectivity index is 2.03. The molecule has 108 valence electrons. The second-order valence-corrected chi connectivity index (χ2v) is 4.98. The summed E-state index contributed by atoms with van der Waals surface area (Å²) in [5.74, 6) is 0.484. The summed E-state index contributed by atoms with van der Waals surface area (Å²) in [6.45, 7) is 0. The lowest BCUT2D eigenvalue weighted by molar-refractivity contribution is -0.111. The van der Waals surface area contributed by atoms with E-state index in [2.05, 4.69) is 5.32 Å². The Morgan fingerprint density at radius 3 is 2.52 bits per heavy atom. The lowest BCUT2D eigenvalue weighted by Gasteiger charge is -2.05. The van der Waals surface area contributed by atoms with Crippen molar-refractivity contribution in [2.45, 2.75) is 0 Å². The van der Waals surface area contributed by atoms with Gasteiger partial charge in [0.25, 0.3) is 0 Å². The van der Waals surface area contributed by atoms with Crippen molar-refractivity contribution >= 4 is 40.9 Å². The highest BCUT2D eigenvalue weighted by Crippen LogP contribution is 2.29. The molecule has 0 bridgehead atoms. The van der Waals surface area contributed by atoms with Crippen molar-refractivity contribution in [1.29, 1.82) is 0 Å². The van der Waals surface area contributed by atoms with Gasteiger partial charge in [-0.3, -0.25) is 4.79 Å². The quantitative estimate of drug-likeness (QED) is 0.832. The highest BCUT2D eigenvalue weighted by Gasteiger charge is 2.05. The molecule has 2 aromatic carbocycles. The first-order valence-corrected chi connectivity index (χ1v) is 6.93. The van der Waals surface area contributed by atoms with Crippen LogP contribution in [0, 0.1) is 0 Å². The van der Waals surface area contributed by atoms with E-state index in [1.807, 2.05) is 24.3 Å². The minimum atomic E-state index is -0.282. The molecule has 2 rings (SSSR count). The van der Waals surface area contributed by atoms with Gasteiger partial charge in [-0.1, -0.05) is 41.4 Å². The maximum atomic E-state index is 11.8. The molecule has 0 unspecified atom stereocenters. The Hall–Kier alpha value is -1.97. The van der Waals surface area contributed by atoms with E-state index in [0.717, 1.165) is 11.3 Å². The number of halogens is 2. The van der Waals surface area contributed by atoms with Gasteiger partial charge in [-0.15, -0.1) is 0 Å². The van der Waals surface area contributed by atoms with Gasteiger partial charge >= 0.3 is 0 Å². The normalized spacial score (nSPS) is 10.6. The van der Waals surface area contributed by atoms with Crippen molar-refractivity contribution in [3.8, 4) is 5.75 Å². The van der Waals surface area contributed by atoms with Gasteiger partial charge in [0, 0.05) is 6.08 Å². The predicted octanol–water partition coefficient (Wildman–Crippen LogP) is 4.65. The maximum Gasteiger partial charge on any atom is 0.248 e. The first-order chi connectivity index (χ1) is 10.1. The SMILES string of the molecule is COc1ccc(/C=C\C(=O)Nc2cccc(Cl)c2Cl)cc1. The summed E-state index contributed by atoms with van der Waals surface area (Å²) in [6, 6.07) is 12.4. The van der Waals surface area contributed by atoms with Gasteiger partial charge in [0.1, 0.15) is 5.75 Å². The van der Waals surface area contributed by atoms with Crippen LogP contribution in [-0.4, -0.2) is 13.0 Å². The van der Waals surface area contributed by atoms with E-state index < -0.39 is 0 Å². The number of nitrogens with one attached hydrogen (secondary N) is 1. The van der Waals surface area contributed by atoms with Gasteiger partial charge in [-0.2, -0.15) is 0 Å². The van der Waals surface area contributed by atoms with Crippen LogP contribution in [0.2, 0.25) is 10.0 Å². The summed E-state index contributed by atoms with van der Waals surface area (Å²) in [6.07, 6.45) is 3.13. The maximum absolute atomic E-state index is 11.8. The van der Waals surface area contributed by atoms with Crippen LogP contribution in [0.15, 0.2) is 48.5 Å². The van der Waals surface area contributed by atoms with Crippen molar-refractivity contribution < 1.29 is 9.53 Å². The molecule has 0 aromatic heterocycles. The fraction of sp³-hybridized carbons (Fsp3) is 0.0625. The van der Waals surface area contributed by atoms with Crippen molar-refractivity contribution in [2.24, 2.45) is 0 Å². The van der Waals surface area contributed by atoms with Crippen molar-refractivity contribution in [2.75, 3.05) is 12.4 Å². The molecule has 0 aliphatic heterocycles. The molecule has 0 saturated carbocycles. The molecule has 0 spiro atoms. The molecule has 0 heterocycles. The zero-order chi connectivity index (χ0) is 15.2. The third kappa shape index (κ3) is 4.25. The number of rotatable bonds is 4. The molecule has 1 N–H and O–H groups in total. The van der Waals surface area contributed by atoms with E-state index in [-0.39, 0.29) is 5.91 Å². The van der Waals surface area contributed by atoms with Gasteiger partial charge in [-0.05, 0) is 35.9 Å². The van der Waals surface area contributed by atoms with Crippen molar-refractivity contribution in [3.05, 3.63) is 64.1 Å². The smallest absolute Gasteiger partial charge is 0.248 e. The first-order valence-electron chi connectivity index (χ1n) is 6.17. The zero-order valence-electron chi connectivity index (χ0n) is 11.3. The zero-order valence-corrected chi connectivity index (χ0v) is 12.8. The number of anilines is 1. The first kappa shape index (κ1) is 15.4. The number of methoxy groups -OCH3 is 1. The van der Waals surface area contributed by atoms with Gasteiger partial charge in [0.05, 0.1) is 22.8 Å². The Morgan fingerprint density at radius 1 is 1.14 bits per heavy atom. The lowest BCUT2D eigenvalue weighted by atomic mass is 10.2. The molecule has 2 aromatic rings. The molecule has 0 radical (unpaired) electrons. The molecule has 3 nitrogen and oxygen atoms in total. The third-order valence-electron chi connectivity index (χ3n) is 2.75. The Morgan fingerprint density at radius 2 is 1.86 bits per heavy atom. The second-order valence-electron chi connectivity index (χ2n) is 4.20. The van der Waals surface area contributed by atoms with E-state index in [0.29, 0.717) is 15.7 Å². The summed E-state index contributed by atoms with van der Waals surface area (Å²) < 4.78 is 5.07. The Bertz CT molecular complexity index is 666. The fourth-order valence-corrected chi connectivity index (χ4v) is 2.01. The van der Waals surface area contributed by atoms with E-state index in [1.165, 1.54) is 6.08 Å². The predicted molar refractivity (Wildman–Crippen MR) is 87.1 cm³/mol. The minimum Gasteiger partial charge on any atom is -0.497 e. The summed E-state index contributed by atoms with van der Waals surface area (Å²) in [7, 11) is 1.60. The minimum absolute atomic E-state index is 0.282. The molecule has 0 aliphatic rings. The highest BCUT2D eigenvalue weighted by atomic mass is 35.5. The van der Waals surface area contributed by atoms with Crippen molar-refractivity contribution in [3.63, 3.8) is 0 Å². The van der Waals surface area contributed by atoms with E-state index in [4.69, 9.17) is 27.9 Å². The molecule has 21 heavy (non-hydrogen) atoms. The molecule has 0 aliphatic carbocycles. The van der Waals surface area contributed by atoms with Crippen LogP contribution in [0.1, 0.15) is 5.56 Å². The lowest BCUT2D eigenvalue weighted by Crippen LogP contribution is -2.08. The highest BCUT2D eigenvalue weighted by molar-refractivity contribution is 6.44. The fourth-order valence-electron chi connectivity index (χ4n) is 1.66. The van der Waals surface area contributed by atoms with Gasteiger partial charge in [0.15, 0.2) is 0 Å². The van der Waals surface area contributed by atoms with E-state index in [9.17, 15) is 4.79 Å². The average molecular weight is 322 g/mol. The largest absolute Gasteiger partial charge is 0.497 e. The van der Waals surface area contributed by atoms with Gasteiger partial charge < -0.3 is 10.1 Å². The third-order valence-corrected chi connectivity index (χ3v) is 3.57. The number of hydrogen-bond acceptors (Lipinski definition) is 2. The van der Waals surface area contributed by atoms with Crippen LogP contribution in [-0.2, 0) is 4.79 Å². The summed E-state index contributed by atoms with van der Waals surface area (Å²) in [5.41, 5.74) is 1.37. The topological polar surface area (TPSA) is 38.3 Å². The molecular formula is C16H13Cl2NO2. The molecule has 1 amide bonds. The molecule has 0 atom stereocenters. The van der Waals surface area contributed by atoms with E-state index in [1.54, 1.807) is 31.4 Å². The molecular weight excluding hydrogens is 309 g/mol. The van der Waals surface area contributed by atoms with Crippen LogP contribution in [0.5, 0.6) is 5.75 Å². The Labute approximate surface area is 133 Å². The number of carbonyl (C=O) groups is 1. The van der Waals surface area contributed by atoms with Gasteiger partial charge in [-0.25, -0.2) is 0 Å². The Kier molecular flexibility index (Phi) is 5.26. The number of hydrogen-bond donors (Lipinski definition) is 1. The summed E-state index contributed by atoms with van der Waals surface area (Å²) >= 11 is 11.9. The van der Waals surface area contributed by atoms with Crippen LogP contribution in [0.25, 0.3) is 6.08 Å². The van der Waals surface area contributed by atoms with Crippen LogP contribution in [0.3, 0.4) is 0 Å². The summed E-state index contributed by atoms with van der Waals surface area (Å²) in [5, 5.41) is 3.40. The number of amides is 1. The van der Waals surface area contributed by atoms with Crippen LogP contribution < -0.4 is 10.1 Å². The second kappa shape index (κ2) is 7.16. The van der Waals surface area contributed by atoms with Crippen molar-refractivity contribution in [1.82, 2.24) is 0 Å². The standard InChI is InChI=1S/C16H13Cl2NO2/c1-21-12-8-5-11(6-9-12)7-10-15(20)19-14-4-2-3-13(17)16(14)18/h2-10H,1H3,(H,19,20)/b10-7-. The molecule has 5 heteroatoms. The number of carbonyl (C=O) groups excluding carboxylic acids is 1. The number of benzene rings is 2. The number of ether oxygens (including phenoxy) is 1. The van der Waals surface area contributed by atoms with Crippen LogP contribution >= 0.6 is 23.2 Å². The van der Waals surface area contributed by atoms with E-state index >= 15 is 0 Å². The monoisotopic (exact) mass is 321 g/mol. The average Bonchev–Trinajstić information content (AvgIpc) is 2.50. The van der Waals surface area contributed by atoms with Gasteiger partial charge in [0.2, 0.25) is 5.91 Å². The van der Waals surface area contributed by atoms with Crippen LogP contribution in [0.4, 0.5) is 5.69 Å². The summed E-state index contributed by atoms with van der Waals surface area (Å²) in [4.78, 5) is 11.8. The molecule has 0 saturated heterocycles. The molecule has 0 fully saturated rings.